The first-order valence-electron chi connectivity index (χ1n) is 9.11. The van der Waals surface area contributed by atoms with Crippen molar-refractivity contribution in [3.05, 3.63) is 93.6 Å². The summed E-state index contributed by atoms with van der Waals surface area (Å²) in [5, 5.41) is 0.236. The quantitative estimate of drug-likeness (QED) is 0.234. The molecular formula is C26H26F6. The highest BCUT2D eigenvalue weighted by Gasteiger charge is 2.16. The Balaban J connectivity index is 0.000000301. The molecular weight excluding hydrogens is 426 g/mol. The van der Waals surface area contributed by atoms with Gasteiger partial charge in [-0.05, 0) is 72.9 Å². The van der Waals surface area contributed by atoms with Gasteiger partial charge < -0.3 is 0 Å². The van der Waals surface area contributed by atoms with E-state index in [9.17, 15) is 26.3 Å². The monoisotopic (exact) mass is 452 g/mol. The first kappa shape index (κ1) is 27.0. The van der Waals surface area contributed by atoms with Gasteiger partial charge in [0.25, 0.3) is 0 Å². The Morgan fingerprint density at radius 1 is 0.406 bits per heavy atom. The molecule has 0 fully saturated rings. The number of halogens is 6. The van der Waals surface area contributed by atoms with Crippen molar-refractivity contribution in [1.82, 2.24) is 0 Å². The molecule has 0 radical (unpaired) electrons. The van der Waals surface area contributed by atoms with E-state index in [1.165, 1.54) is 39.8 Å². The molecule has 0 aliphatic heterocycles. The number of aryl methyl sites for hydroxylation is 4. The topological polar surface area (TPSA) is 0 Å². The summed E-state index contributed by atoms with van der Waals surface area (Å²) in [7, 11) is 0. The Kier molecular flexibility index (Phi) is 8.50. The van der Waals surface area contributed by atoms with Crippen LogP contribution in [0.1, 0.15) is 37.1 Å². The van der Waals surface area contributed by atoms with Gasteiger partial charge in [0.15, 0.2) is 23.3 Å². The van der Waals surface area contributed by atoms with Gasteiger partial charge in [-0.1, -0.05) is 39.1 Å². The second-order valence-corrected chi connectivity index (χ2v) is 7.23. The van der Waals surface area contributed by atoms with E-state index >= 15 is 0 Å². The predicted octanol–water partition coefficient (Wildman–Crippen LogP) is 9.02. The van der Waals surface area contributed by atoms with Crippen LogP contribution in [-0.2, 0) is 0 Å². The number of hydrogen-bond acceptors (Lipinski definition) is 0. The van der Waals surface area contributed by atoms with Gasteiger partial charge in [-0.25, -0.2) is 26.3 Å². The van der Waals surface area contributed by atoms with Gasteiger partial charge in [0.1, 0.15) is 11.6 Å². The van der Waals surface area contributed by atoms with Crippen molar-refractivity contribution in [3.8, 4) is 0 Å². The van der Waals surface area contributed by atoms with E-state index in [-0.39, 0.29) is 36.8 Å². The largest absolute Gasteiger partial charge is 0.206 e. The van der Waals surface area contributed by atoms with E-state index in [2.05, 4.69) is 0 Å². The summed E-state index contributed by atoms with van der Waals surface area (Å²) in [6.45, 7) is 5.95. The highest BCUT2D eigenvalue weighted by molar-refractivity contribution is 5.86. The SMILES string of the molecule is C.C.Cc1cc2ccc(C)c(F)c2c(F)c1F.Cc1cc2ccc(C)c(F)c2c(F)c1F. The van der Waals surface area contributed by atoms with Gasteiger partial charge >= 0.3 is 0 Å². The van der Waals surface area contributed by atoms with Crippen molar-refractivity contribution in [2.75, 3.05) is 0 Å². The zero-order valence-corrected chi connectivity index (χ0v) is 16.7. The minimum Gasteiger partial charge on any atom is -0.206 e. The summed E-state index contributed by atoms with van der Waals surface area (Å²) >= 11 is 0. The first-order valence-corrected chi connectivity index (χ1v) is 9.11. The Morgan fingerprint density at radius 3 is 1.03 bits per heavy atom. The molecule has 0 saturated carbocycles. The van der Waals surface area contributed by atoms with Gasteiger partial charge in [-0.2, -0.15) is 0 Å². The van der Waals surface area contributed by atoms with E-state index < -0.39 is 34.9 Å². The van der Waals surface area contributed by atoms with Gasteiger partial charge in [-0.3, -0.25) is 0 Å². The second kappa shape index (κ2) is 10.1. The molecule has 32 heavy (non-hydrogen) atoms. The van der Waals surface area contributed by atoms with Crippen LogP contribution in [0.2, 0.25) is 0 Å². The minimum absolute atomic E-state index is 0. The van der Waals surface area contributed by atoms with Crippen molar-refractivity contribution in [2.45, 2.75) is 42.5 Å². The van der Waals surface area contributed by atoms with Crippen LogP contribution < -0.4 is 0 Å². The molecule has 0 atom stereocenters. The second-order valence-electron chi connectivity index (χ2n) is 7.23. The normalized spacial score (nSPS) is 10.3. The molecule has 0 aliphatic rings. The molecule has 0 saturated heterocycles. The van der Waals surface area contributed by atoms with Gasteiger partial charge in [0.2, 0.25) is 0 Å². The van der Waals surface area contributed by atoms with Crippen molar-refractivity contribution in [3.63, 3.8) is 0 Å². The number of hydrogen-bond donors (Lipinski definition) is 0. The van der Waals surface area contributed by atoms with Crippen LogP contribution in [0.15, 0.2) is 36.4 Å². The summed E-state index contributed by atoms with van der Waals surface area (Å²) in [5.74, 6) is -5.55. The molecule has 0 aromatic heterocycles. The Hall–Kier alpha value is -3.02. The molecule has 0 nitrogen and oxygen atoms in total. The van der Waals surface area contributed by atoms with E-state index in [0.717, 1.165) is 0 Å². The molecule has 4 rings (SSSR count). The highest BCUT2D eigenvalue weighted by Crippen LogP contribution is 2.28. The summed E-state index contributed by atoms with van der Waals surface area (Å²) in [6, 6.07) is 9.15. The van der Waals surface area contributed by atoms with Crippen molar-refractivity contribution < 1.29 is 26.3 Å². The highest BCUT2D eigenvalue weighted by atomic mass is 19.2. The summed E-state index contributed by atoms with van der Waals surface area (Å²) in [4.78, 5) is 0. The van der Waals surface area contributed by atoms with Crippen LogP contribution >= 0.6 is 0 Å². The fraction of sp³-hybridized carbons (Fsp3) is 0.231. The van der Waals surface area contributed by atoms with Crippen LogP contribution in [0, 0.1) is 62.6 Å². The minimum atomic E-state index is -1.11. The third kappa shape index (κ3) is 4.59. The van der Waals surface area contributed by atoms with Crippen molar-refractivity contribution in [2.24, 2.45) is 0 Å². The predicted molar refractivity (Wildman–Crippen MR) is 120 cm³/mol. The lowest BCUT2D eigenvalue weighted by Crippen LogP contribution is -1.95. The number of rotatable bonds is 0. The Morgan fingerprint density at radius 2 is 0.719 bits per heavy atom. The lowest BCUT2D eigenvalue weighted by molar-refractivity contribution is 0.506. The van der Waals surface area contributed by atoms with Gasteiger partial charge in [0, 0.05) is 0 Å². The maximum atomic E-state index is 13.6. The molecule has 0 spiro atoms. The Bertz CT molecular complexity index is 1190. The zero-order chi connectivity index (χ0) is 22.3. The maximum absolute atomic E-state index is 13.6. The van der Waals surface area contributed by atoms with Crippen LogP contribution in [0.25, 0.3) is 21.5 Å². The van der Waals surface area contributed by atoms with E-state index in [1.807, 2.05) is 0 Å². The van der Waals surface area contributed by atoms with E-state index in [1.54, 1.807) is 24.3 Å². The lowest BCUT2D eigenvalue weighted by Gasteiger charge is -2.06. The Labute approximate surface area is 184 Å². The first-order chi connectivity index (χ1) is 14.0. The van der Waals surface area contributed by atoms with Gasteiger partial charge in [-0.15, -0.1) is 0 Å². The summed E-state index contributed by atoms with van der Waals surface area (Å²) in [5.41, 5.74) is 0.987. The summed E-state index contributed by atoms with van der Waals surface area (Å²) < 4.78 is 80.6. The number of fused-ring (bicyclic) bond motifs is 2. The number of benzene rings is 4. The van der Waals surface area contributed by atoms with Crippen molar-refractivity contribution in [1.29, 1.82) is 0 Å². The molecule has 172 valence electrons. The zero-order valence-electron chi connectivity index (χ0n) is 16.7. The maximum Gasteiger partial charge on any atom is 0.169 e. The average molecular weight is 452 g/mol. The molecule has 0 heterocycles. The lowest BCUT2D eigenvalue weighted by atomic mass is 10.0. The van der Waals surface area contributed by atoms with Crippen LogP contribution in [0.4, 0.5) is 26.3 Å². The van der Waals surface area contributed by atoms with Crippen LogP contribution in [0.3, 0.4) is 0 Å². The fourth-order valence-corrected chi connectivity index (χ4v) is 3.24. The smallest absolute Gasteiger partial charge is 0.169 e. The molecule has 6 heteroatoms. The molecule has 0 bridgehead atoms. The molecule has 0 aliphatic carbocycles. The van der Waals surface area contributed by atoms with E-state index in [4.69, 9.17) is 0 Å². The van der Waals surface area contributed by atoms with Crippen molar-refractivity contribution >= 4 is 21.5 Å². The third-order valence-corrected chi connectivity index (χ3v) is 5.00. The standard InChI is InChI=1S/2C12H9F3.2CH4/c2*1-6-3-4-8-5-7(2)11(14)12(15)9(8)10(6)13;;/h2*3-5H,1-2H3;2*1H4. The van der Waals surface area contributed by atoms with Crippen LogP contribution in [0.5, 0.6) is 0 Å². The van der Waals surface area contributed by atoms with E-state index in [0.29, 0.717) is 21.9 Å². The fourth-order valence-electron chi connectivity index (χ4n) is 3.24. The summed E-state index contributed by atoms with van der Waals surface area (Å²) in [6.07, 6.45) is 0. The molecule has 0 unspecified atom stereocenters. The molecule has 0 amide bonds. The van der Waals surface area contributed by atoms with Crippen LogP contribution in [-0.4, -0.2) is 0 Å². The average Bonchev–Trinajstić information content (AvgIpc) is 2.70. The molecule has 4 aromatic carbocycles. The third-order valence-electron chi connectivity index (χ3n) is 5.00. The molecule has 0 N–H and O–H groups in total. The van der Waals surface area contributed by atoms with Gasteiger partial charge in [0.05, 0.1) is 10.8 Å². The molecule has 4 aromatic rings.